The number of hydrogen-bond donors (Lipinski definition) is 3. The minimum Gasteiger partial charge on any atom is -0.508 e. The summed E-state index contributed by atoms with van der Waals surface area (Å²) in [4.78, 5) is 9.04. The molecule has 0 amide bonds. The molecule has 2 aromatic carbocycles. The van der Waals surface area contributed by atoms with Gasteiger partial charge in [0.1, 0.15) is 17.3 Å². The molecule has 0 unspecified atom stereocenters. The summed E-state index contributed by atoms with van der Waals surface area (Å²) in [5.74, 6) is 0.687. The van der Waals surface area contributed by atoms with E-state index in [1.165, 1.54) is 18.2 Å². The smallest absolute Gasteiger partial charge is 0.508 e. The van der Waals surface area contributed by atoms with Crippen molar-refractivity contribution in [3.63, 3.8) is 0 Å². The second-order valence-corrected chi connectivity index (χ2v) is 7.34. The van der Waals surface area contributed by atoms with Crippen LogP contribution in [0.1, 0.15) is 25.7 Å². The van der Waals surface area contributed by atoms with E-state index in [1.807, 2.05) is 0 Å². The first kappa shape index (κ1) is 20.8. The minimum absolute atomic E-state index is 0.138. The van der Waals surface area contributed by atoms with Crippen molar-refractivity contribution in [3.8, 4) is 22.8 Å². The second kappa shape index (κ2) is 8.71. The van der Waals surface area contributed by atoms with E-state index >= 15 is 0 Å². The lowest BCUT2D eigenvalue weighted by Crippen LogP contribution is -2.17. The number of phenols is 1. The van der Waals surface area contributed by atoms with E-state index in [0.717, 1.165) is 25.7 Å². The highest BCUT2D eigenvalue weighted by Gasteiger charge is 2.31. The molecule has 1 fully saturated rings. The molecule has 1 saturated carbocycles. The molecule has 1 aromatic heterocycles. The van der Waals surface area contributed by atoms with Crippen molar-refractivity contribution < 1.29 is 23.0 Å². The van der Waals surface area contributed by atoms with Crippen LogP contribution in [-0.2, 0) is 0 Å². The van der Waals surface area contributed by atoms with Crippen molar-refractivity contribution >= 4 is 17.5 Å². The Morgan fingerprint density at radius 2 is 1.71 bits per heavy atom. The van der Waals surface area contributed by atoms with E-state index in [2.05, 4.69) is 25.3 Å². The highest BCUT2D eigenvalue weighted by Crippen LogP contribution is 2.30. The molecule has 162 valence electrons. The van der Waals surface area contributed by atoms with Crippen molar-refractivity contribution in [2.45, 2.75) is 38.1 Å². The summed E-state index contributed by atoms with van der Waals surface area (Å²) in [6.07, 6.45) is -0.475. The zero-order valence-electron chi connectivity index (χ0n) is 16.5. The van der Waals surface area contributed by atoms with Gasteiger partial charge in [-0.15, -0.1) is 13.2 Å². The molecule has 0 aliphatic heterocycles. The molecule has 31 heavy (non-hydrogen) atoms. The largest absolute Gasteiger partial charge is 0.573 e. The van der Waals surface area contributed by atoms with E-state index in [0.29, 0.717) is 28.7 Å². The molecule has 3 aromatic rings. The van der Waals surface area contributed by atoms with E-state index in [-0.39, 0.29) is 17.5 Å². The summed E-state index contributed by atoms with van der Waals surface area (Å²) in [5.41, 5.74) is 1.61. The third-order valence-corrected chi connectivity index (χ3v) is 4.92. The van der Waals surface area contributed by atoms with Crippen LogP contribution in [0.2, 0.25) is 0 Å². The number of halogens is 3. The standard InChI is InChI=1S/C22H21F3N4O2/c23-22(24,25)31-18-7-3-4-14(12-18)19-13-20(26-16-8-10-17(30)11-9-16)29-21(28-19)27-15-5-1-2-6-15/h3-4,7-13,15,30H,1-2,5-6H2,(H2,26,27,28,29). The van der Waals surface area contributed by atoms with Gasteiger partial charge in [0.05, 0.1) is 5.69 Å². The van der Waals surface area contributed by atoms with Gasteiger partial charge < -0.3 is 20.5 Å². The normalized spacial score (nSPS) is 14.4. The number of aromatic nitrogens is 2. The van der Waals surface area contributed by atoms with Crippen LogP contribution in [0, 0.1) is 0 Å². The van der Waals surface area contributed by atoms with Gasteiger partial charge in [0.15, 0.2) is 0 Å². The first-order valence-corrected chi connectivity index (χ1v) is 9.92. The summed E-state index contributed by atoms with van der Waals surface area (Å²) in [5, 5.41) is 15.9. The van der Waals surface area contributed by atoms with Crippen molar-refractivity contribution in [2.75, 3.05) is 10.6 Å². The van der Waals surface area contributed by atoms with Crippen LogP contribution in [0.3, 0.4) is 0 Å². The molecular weight excluding hydrogens is 409 g/mol. The fourth-order valence-electron chi connectivity index (χ4n) is 3.52. The van der Waals surface area contributed by atoms with Gasteiger partial charge in [-0.1, -0.05) is 25.0 Å². The van der Waals surface area contributed by atoms with Crippen LogP contribution in [0.5, 0.6) is 11.5 Å². The number of hydrogen-bond acceptors (Lipinski definition) is 6. The Morgan fingerprint density at radius 1 is 0.968 bits per heavy atom. The number of phenolic OH excluding ortho intramolecular Hbond substituents is 1. The van der Waals surface area contributed by atoms with Crippen LogP contribution in [0.25, 0.3) is 11.3 Å². The number of anilines is 3. The molecule has 0 saturated heterocycles. The molecule has 3 N–H and O–H groups in total. The summed E-state index contributed by atoms with van der Waals surface area (Å²) in [6.45, 7) is 0. The first-order valence-electron chi connectivity index (χ1n) is 9.92. The fraction of sp³-hybridized carbons (Fsp3) is 0.273. The molecule has 0 spiro atoms. The van der Waals surface area contributed by atoms with E-state index in [4.69, 9.17) is 0 Å². The van der Waals surface area contributed by atoms with Crippen LogP contribution < -0.4 is 15.4 Å². The number of alkyl halides is 3. The average Bonchev–Trinajstić information content (AvgIpc) is 3.21. The second-order valence-electron chi connectivity index (χ2n) is 7.34. The first-order chi connectivity index (χ1) is 14.8. The third-order valence-electron chi connectivity index (χ3n) is 4.92. The molecule has 1 aliphatic carbocycles. The minimum atomic E-state index is -4.77. The van der Waals surface area contributed by atoms with Gasteiger partial charge in [-0.05, 0) is 49.2 Å². The SMILES string of the molecule is Oc1ccc(Nc2cc(-c3cccc(OC(F)(F)F)c3)nc(NC3CCCC3)n2)cc1. The maximum Gasteiger partial charge on any atom is 0.573 e. The van der Waals surface area contributed by atoms with Crippen LogP contribution >= 0.6 is 0 Å². The van der Waals surface area contributed by atoms with Gasteiger partial charge in [0, 0.05) is 23.4 Å². The lowest BCUT2D eigenvalue weighted by molar-refractivity contribution is -0.274. The Balaban J connectivity index is 1.67. The van der Waals surface area contributed by atoms with Crippen molar-refractivity contribution in [1.82, 2.24) is 9.97 Å². The van der Waals surface area contributed by atoms with Crippen molar-refractivity contribution in [2.24, 2.45) is 0 Å². The number of nitrogens with zero attached hydrogens (tertiary/aromatic N) is 2. The highest BCUT2D eigenvalue weighted by molar-refractivity contribution is 5.68. The summed E-state index contributed by atoms with van der Waals surface area (Å²) in [6, 6.07) is 14.1. The molecule has 0 radical (unpaired) electrons. The molecule has 4 rings (SSSR count). The van der Waals surface area contributed by atoms with Crippen molar-refractivity contribution in [3.05, 3.63) is 54.6 Å². The number of aromatic hydroxyl groups is 1. The van der Waals surface area contributed by atoms with Gasteiger partial charge in [0.2, 0.25) is 5.95 Å². The Bertz CT molecular complexity index is 1040. The van der Waals surface area contributed by atoms with Crippen molar-refractivity contribution in [1.29, 1.82) is 0 Å². The van der Waals surface area contributed by atoms with Gasteiger partial charge >= 0.3 is 6.36 Å². The van der Waals surface area contributed by atoms with E-state index in [1.54, 1.807) is 36.4 Å². The molecular formula is C22H21F3N4O2. The Hall–Kier alpha value is -3.49. The molecule has 6 nitrogen and oxygen atoms in total. The lowest BCUT2D eigenvalue weighted by atomic mass is 10.1. The summed E-state index contributed by atoms with van der Waals surface area (Å²) < 4.78 is 41.9. The van der Waals surface area contributed by atoms with Gasteiger partial charge in [-0.2, -0.15) is 4.98 Å². The monoisotopic (exact) mass is 430 g/mol. The Labute approximate surface area is 177 Å². The fourth-order valence-corrected chi connectivity index (χ4v) is 3.52. The number of nitrogens with one attached hydrogen (secondary N) is 2. The summed E-state index contributed by atoms with van der Waals surface area (Å²) >= 11 is 0. The quantitative estimate of drug-likeness (QED) is 0.426. The predicted molar refractivity (Wildman–Crippen MR) is 111 cm³/mol. The highest BCUT2D eigenvalue weighted by atomic mass is 19.4. The van der Waals surface area contributed by atoms with E-state index in [9.17, 15) is 18.3 Å². The number of rotatable bonds is 6. The summed E-state index contributed by atoms with van der Waals surface area (Å²) in [7, 11) is 0. The topological polar surface area (TPSA) is 79.3 Å². The molecule has 1 aliphatic rings. The zero-order valence-corrected chi connectivity index (χ0v) is 16.5. The van der Waals surface area contributed by atoms with Crippen LogP contribution in [0.4, 0.5) is 30.6 Å². The molecule has 0 bridgehead atoms. The van der Waals surface area contributed by atoms with Gasteiger partial charge in [-0.3, -0.25) is 0 Å². The maximum absolute atomic E-state index is 12.6. The maximum atomic E-state index is 12.6. The zero-order chi connectivity index (χ0) is 21.8. The lowest BCUT2D eigenvalue weighted by Gasteiger charge is -2.15. The van der Waals surface area contributed by atoms with Gasteiger partial charge in [-0.25, -0.2) is 4.98 Å². The molecule has 0 atom stereocenters. The Morgan fingerprint density at radius 3 is 2.42 bits per heavy atom. The third kappa shape index (κ3) is 5.78. The van der Waals surface area contributed by atoms with E-state index < -0.39 is 6.36 Å². The van der Waals surface area contributed by atoms with Gasteiger partial charge in [0.25, 0.3) is 0 Å². The Kier molecular flexibility index (Phi) is 5.83. The molecule has 9 heteroatoms. The number of ether oxygens (including phenoxy) is 1. The predicted octanol–water partition coefficient (Wildman–Crippen LogP) is 5.85. The molecule has 1 heterocycles. The van der Waals surface area contributed by atoms with Crippen LogP contribution in [-0.4, -0.2) is 27.5 Å². The van der Waals surface area contributed by atoms with Crippen LogP contribution in [0.15, 0.2) is 54.6 Å². The average molecular weight is 430 g/mol. The number of benzene rings is 2.